The van der Waals surface area contributed by atoms with Gasteiger partial charge in [-0.15, -0.1) is 0 Å². The molecule has 34 heavy (non-hydrogen) atoms. The minimum atomic E-state index is 0.786. The molecular formula is C30H36N4. The topological polar surface area (TPSA) is 104 Å². The van der Waals surface area contributed by atoms with Crippen molar-refractivity contribution in [1.29, 1.82) is 0 Å². The number of benzene rings is 4. The second-order valence-corrected chi connectivity index (χ2v) is 8.61. The Morgan fingerprint density at radius 2 is 0.941 bits per heavy atom. The third-order valence-corrected chi connectivity index (χ3v) is 6.36. The Kier molecular flexibility index (Phi) is 7.85. The van der Waals surface area contributed by atoms with Gasteiger partial charge in [0.05, 0.1) is 0 Å². The lowest BCUT2D eigenvalue weighted by molar-refractivity contribution is 1.12. The first kappa shape index (κ1) is 24.7. The molecule has 0 radical (unpaired) electrons. The summed E-state index contributed by atoms with van der Waals surface area (Å²) in [5, 5.41) is 0. The lowest BCUT2D eigenvalue weighted by Gasteiger charge is -2.13. The van der Waals surface area contributed by atoms with Crippen LogP contribution in [0.2, 0.25) is 0 Å². The van der Waals surface area contributed by atoms with E-state index in [2.05, 4.69) is 51.1 Å². The lowest BCUT2D eigenvalue weighted by atomic mass is 9.92. The van der Waals surface area contributed by atoms with E-state index < -0.39 is 0 Å². The minimum absolute atomic E-state index is 0.786. The summed E-state index contributed by atoms with van der Waals surface area (Å²) in [6.07, 6.45) is 1.96. The Morgan fingerprint density at radius 1 is 0.500 bits per heavy atom. The van der Waals surface area contributed by atoms with Gasteiger partial charge >= 0.3 is 0 Å². The van der Waals surface area contributed by atoms with Gasteiger partial charge in [0.1, 0.15) is 0 Å². The Bertz CT molecular complexity index is 1220. The van der Waals surface area contributed by atoms with Gasteiger partial charge in [-0.3, -0.25) is 0 Å². The maximum atomic E-state index is 5.87. The number of hydrogen-bond acceptors (Lipinski definition) is 4. The summed E-state index contributed by atoms with van der Waals surface area (Å²) in [5.74, 6) is 0. The first-order valence-electron chi connectivity index (χ1n) is 11.7. The van der Waals surface area contributed by atoms with E-state index in [4.69, 9.17) is 22.9 Å². The van der Waals surface area contributed by atoms with Gasteiger partial charge in [0, 0.05) is 22.7 Å². The fourth-order valence-electron chi connectivity index (χ4n) is 4.15. The summed E-state index contributed by atoms with van der Waals surface area (Å²) in [7, 11) is 0. The number of hydrogen-bond donors (Lipinski definition) is 4. The van der Waals surface area contributed by atoms with Crippen molar-refractivity contribution in [3.8, 4) is 22.3 Å². The highest BCUT2D eigenvalue weighted by atomic mass is 14.6. The van der Waals surface area contributed by atoms with Gasteiger partial charge in [-0.2, -0.15) is 0 Å². The first-order valence-corrected chi connectivity index (χ1v) is 11.7. The molecule has 0 spiro atoms. The van der Waals surface area contributed by atoms with Gasteiger partial charge in [0.15, 0.2) is 0 Å². The van der Waals surface area contributed by atoms with Crippen molar-refractivity contribution >= 4 is 22.7 Å². The molecule has 4 aromatic rings. The summed E-state index contributed by atoms with van der Waals surface area (Å²) >= 11 is 0. The van der Waals surface area contributed by atoms with Crippen LogP contribution < -0.4 is 22.9 Å². The van der Waals surface area contributed by atoms with E-state index >= 15 is 0 Å². The fourth-order valence-corrected chi connectivity index (χ4v) is 4.15. The summed E-state index contributed by atoms with van der Waals surface area (Å²) in [4.78, 5) is 0. The molecule has 4 heteroatoms. The van der Waals surface area contributed by atoms with Crippen molar-refractivity contribution in [2.24, 2.45) is 0 Å². The van der Waals surface area contributed by atoms with E-state index in [1.165, 1.54) is 38.9 Å². The smallest absolute Gasteiger partial charge is 0.0346 e. The second kappa shape index (κ2) is 10.8. The Balaban J connectivity index is 0.000000192. The molecule has 0 aliphatic rings. The fraction of sp³-hybridized carbons (Fsp3) is 0.200. The highest BCUT2D eigenvalue weighted by Gasteiger charge is 2.09. The molecule has 0 amide bonds. The van der Waals surface area contributed by atoms with Crippen molar-refractivity contribution in [2.45, 2.75) is 40.5 Å². The van der Waals surface area contributed by atoms with Crippen molar-refractivity contribution in [2.75, 3.05) is 22.9 Å². The lowest BCUT2D eigenvalue weighted by Crippen LogP contribution is -1.96. The zero-order valence-electron chi connectivity index (χ0n) is 20.7. The molecule has 0 saturated heterocycles. The zero-order valence-corrected chi connectivity index (χ0v) is 20.7. The van der Waals surface area contributed by atoms with Crippen LogP contribution in [-0.4, -0.2) is 0 Å². The van der Waals surface area contributed by atoms with Crippen LogP contribution in [0.1, 0.15) is 36.1 Å². The molecule has 0 fully saturated rings. The highest BCUT2D eigenvalue weighted by Crippen LogP contribution is 2.31. The van der Waals surface area contributed by atoms with Crippen LogP contribution in [0.15, 0.2) is 72.8 Å². The van der Waals surface area contributed by atoms with E-state index in [0.29, 0.717) is 0 Å². The van der Waals surface area contributed by atoms with Gasteiger partial charge in [0.2, 0.25) is 0 Å². The van der Waals surface area contributed by atoms with Gasteiger partial charge in [-0.25, -0.2) is 0 Å². The Hall–Kier alpha value is -3.92. The monoisotopic (exact) mass is 452 g/mol. The normalized spacial score (nSPS) is 10.5. The van der Waals surface area contributed by atoms with E-state index in [1.807, 2.05) is 49.4 Å². The summed E-state index contributed by atoms with van der Waals surface area (Å²) in [5.41, 5.74) is 36.4. The van der Waals surface area contributed by atoms with Crippen molar-refractivity contribution < 1.29 is 0 Å². The van der Waals surface area contributed by atoms with Crippen LogP contribution in [0.5, 0.6) is 0 Å². The minimum Gasteiger partial charge on any atom is -0.399 e. The van der Waals surface area contributed by atoms with Gasteiger partial charge < -0.3 is 22.9 Å². The molecule has 0 unspecified atom stereocenters. The van der Waals surface area contributed by atoms with Crippen LogP contribution in [0.3, 0.4) is 0 Å². The zero-order chi connectivity index (χ0) is 24.8. The molecule has 0 atom stereocenters. The number of aryl methyl sites for hydroxylation is 2. The molecule has 8 N–H and O–H groups in total. The van der Waals surface area contributed by atoms with Crippen LogP contribution in [0.25, 0.3) is 22.3 Å². The first-order chi connectivity index (χ1) is 16.2. The van der Waals surface area contributed by atoms with Gasteiger partial charge in [-0.05, 0) is 114 Å². The molecule has 0 saturated carbocycles. The highest BCUT2D eigenvalue weighted by molar-refractivity contribution is 5.75. The largest absolute Gasteiger partial charge is 0.399 e. The maximum Gasteiger partial charge on any atom is 0.0346 e. The van der Waals surface area contributed by atoms with Gasteiger partial charge in [0.25, 0.3) is 0 Å². The van der Waals surface area contributed by atoms with E-state index in [-0.39, 0.29) is 0 Å². The molecule has 0 heterocycles. The van der Waals surface area contributed by atoms with E-state index in [1.54, 1.807) is 0 Å². The summed E-state index contributed by atoms with van der Waals surface area (Å²) < 4.78 is 0. The average molecular weight is 453 g/mol. The Morgan fingerprint density at radius 3 is 1.41 bits per heavy atom. The summed E-state index contributed by atoms with van der Waals surface area (Å²) in [6, 6.07) is 24.2. The predicted molar refractivity (Wildman–Crippen MR) is 150 cm³/mol. The van der Waals surface area contributed by atoms with Crippen molar-refractivity contribution in [1.82, 2.24) is 0 Å². The quantitative estimate of drug-likeness (QED) is 0.256. The summed E-state index contributed by atoms with van der Waals surface area (Å²) in [6.45, 7) is 8.45. The van der Waals surface area contributed by atoms with Crippen LogP contribution >= 0.6 is 0 Å². The van der Waals surface area contributed by atoms with E-state index in [0.717, 1.165) is 41.2 Å². The van der Waals surface area contributed by atoms with Crippen molar-refractivity contribution in [3.05, 3.63) is 95.1 Å². The maximum absolute atomic E-state index is 5.87. The molecular weight excluding hydrogens is 416 g/mol. The number of rotatable bonds is 4. The molecule has 4 aromatic carbocycles. The molecule has 0 aliphatic carbocycles. The number of nitrogen functional groups attached to an aromatic ring is 4. The molecule has 176 valence electrons. The third-order valence-electron chi connectivity index (χ3n) is 6.36. The number of anilines is 4. The number of nitrogens with two attached hydrogens (primary N) is 4. The predicted octanol–water partition coefficient (Wildman–Crippen LogP) is 6.78. The average Bonchev–Trinajstić information content (AvgIpc) is 2.84. The SMILES string of the molecule is CCc1cc(N)ccc1-c1ccc(N)cc1CC.Cc1c(N)ccc(-c2ccc(N)cc2)c1C. The second-order valence-electron chi connectivity index (χ2n) is 8.61. The van der Waals surface area contributed by atoms with Crippen LogP contribution in [-0.2, 0) is 12.8 Å². The van der Waals surface area contributed by atoms with E-state index in [9.17, 15) is 0 Å². The molecule has 0 aromatic heterocycles. The third kappa shape index (κ3) is 5.52. The van der Waals surface area contributed by atoms with Crippen molar-refractivity contribution in [3.63, 3.8) is 0 Å². The molecule has 4 nitrogen and oxygen atoms in total. The van der Waals surface area contributed by atoms with Gasteiger partial charge in [-0.1, -0.05) is 44.2 Å². The standard InChI is InChI=1S/C16H20N2.C14H16N2/c1-3-11-9-13(17)5-7-15(11)16-8-6-14(18)10-12(16)4-2;1-9-10(2)14(16)8-7-13(9)11-3-5-12(15)6-4-11/h5-10H,3-4,17-18H2,1-2H3;3-8H,15-16H2,1-2H3. The molecule has 0 aliphatic heterocycles. The van der Waals surface area contributed by atoms with Crippen LogP contribution in [0.4, 0.5) is 22.7 Å². The molecule has 4 rings (SSSR count). The van der Waals surface area contributed by atoms with Crippen LogP contribution in [0, 0.1) is 13.8 Å². The molecule has 0 bridgehead atoms. The Labute approximate surface area is 203 Å².